The molecule has 0 spiro atoms. The van der Waals surface area contributed by atoms with Crippen LogP contribution in [0.5, 0.6) is 0 Å². The number of hydrogen-bond donors (Lipinski definition) is 0. The SMILES string of the molecule is CN(C)S(=O)(=O)c1ccc2c(c1)nc(CCC(=O)N1CCC(c3nnc4ccccn34)CC1)n2C. The molecule has 5 rings (SSSR count). The van der Waals surface area contributed by atoms with Crippen LogP contribution in [0.3, 0.4) is 0 Å². The summed E-state index contributed by atoms with van der Waals surface area (Å²) in [6, 6.07) is 10.8. The number of fused-ring (bicyclic) bond motifs is 2. The van der Waals surface area contributed by atoms with Crippen molar-refractivity contribution in [3.63, 3.8) is 0 Å². The van der Waals surface area contributed by atoms with Gasteiger partial charge < -0.3 is 9.47 Å². The van der Waals surface area contributed by atoms with Gasteiger partial charge in [-0.1, -0.05) is 6.07 Å². The van der Waals surface area contributed by atoms with Crippen LogP contribution in [0.25, 0.3) is 16.7 Å². The fraction of sp³-hybridized carbons (Fsp3) is 0.417. The fourth-order valence-electron chi connectivity index (χ4n) is 4.73. The van der Waals surface area contributed by atoms with E-state index in [4.69, 9.17) is 0 Å². The Morgan fingerprint density at radius 1 is 1.11 bits per heavy atom. The zero-order valence-corrected chi connectivity index (χ0v) is 20.9. The van der Waals surface area contributed by atoms with E-state index in [1.807, 2.05) is 45.3 Å². The molecule has 1 saturated heterocycles. The van der Waals surface area contributed by atoms with Gasteiger partial charge in [0.25, 0.3) is 0 Å². The minimum absolute atomic E-state index is 0.109. The average Bonchev–Trinajstić information content (AvgIpc) is 3.43. The molecule has 0 atom stereocenters. The fourth-order valence-corrected chi connectivity index (χ4v) is 5.65. The van der Waals surface area contributed by atoms with Gasteiger partial charge in [-0.25, -0.2) is 17.7 Å². The van der Waals surface area contributed by atoms with Crippen molar-refractivity contribution in [3.05, 3.63) is 54.2 Å². The summed E-state index contributed by atoms with van der Waals surface area (Å²) >= 11 is 0. The molecule has 1 fully saturated rings. The molecular formula is C24H29N7O3S. The van der Waals surface area contributed by atoms with E-state index in [-0.39, 0.29) is 16.7 Å². The molecule has 0 aliphatic carbocycles. The number of hydrogen-bond acceptors (Lipinski definition) is 6. The lowest BCUT2D eigenvalue weighted by Crippen LogP contribution is -2.38. The first-order valence-electron chi connectivity index (χ1n) is 11.7. The summed E-state index contributed by atoms with van der Waals surface area (Å²) < 4.78 is 30.0. The van der Waals surface area contributed by atoms with Crippen molar-refractivity contribution in [2.45, 2.75) is 36.5 Å². The maximum Gasteiger partial charge on any atom is 0.242 e. The first kappa shape index (κ1) is 23.4. The summed E-state index contributed by atoms with van der Waals surface area (Å²) in [7, 11) is 1.37. The van der Waals surface area contributed by atoms with E-state index in [0.717, 1.165) is 35.7 Å². The van der Waals surface area contributed by atoms with E-state index in [1.165, 1.54) is 18.4 Å². The zero-order chi connectivity index (χ0) is 24.7. The number of nitrogens with zero attached hydrogens (tertiary/aromatic N) is 7. The molecule has 11 heteroatoms. The summed E-state index contributed by atoms with van der Waals surface area (Å²) in [4.78, 5) is 19.7. The Morgan fingerprint density at radius 2 is 1.89 bits per heavy atom. The number of amides is 1. The quantitative estimate of drug-likeness (QED) is 0.406. The average molecular weight is 496 g/mol. The van der Waals surface area contributed by atoms with E-state index in [0.29, 0.717) is 31.4 Å². The Hall–Kier alpha value is -3.31. The minimum atomic E-state index is -3.53. The van der Waals surface area contributed by atoms with Crippen LogP contribution < -0.4 is 0 Å². The van der Waals surface area contributed by atoms with Gasteiger partial charge in [0.15, 0.2) is 5.65 Å². The summed E-state index contributed by atoms with van der Waals surface area (Å²) in [6.45, 7) is 1.39. The molecule has 0 saturated carbocycles. The Labute approximate surface area is 204 Å². The first-order chi connectivity index (χ1) is 16.8. The number of pyridine rings is 1. The van der Waals surface area contributed by atoms with Crippen molar-refractivity contribution < 1.29 is 13.2 Å². The van der Waals surface area contributed by atoms with E-state index < -0.39 is 10.0 Å². The number of rotatable bonds is 6. The minimum Gasteiger partial charge on any atom is -0.343 e. The van der Waals surface area contributed by atoms with Gasteiger partial charge >= 0.3 is 0 Å². The van der Waals surface area contributed by atoms with Crippen LogP contribution >= 0.6 is 0 Å². The van der Waals surface area contributed by atoms with Gasteiger partial charge in [0.2, 0.25) is 15.9 Å². The molecule has 1 aliphatic rings. The maximum atomic E-state index is 12.9. The molecule has 4 heterocycles. The molecule has 10 nitrogen and oxygen atoms in total. The Kier molecular flexibility index (Phi) is 6.06. The number of imidazole rings is 1. The van der Waals surface area contributed by atoms with Crippen LogP contribution in [0, 0.1) is 0 Å². The van der Waals surface area contributed by atoms with Gasteiger partial charge in [-0.2, -0.15) is 0 Å². The third-order valence-corrected chi connectivity index (χ3v) is 8.65. The molecule has 0 bridgehead atoms. The van der Waals surface area contributed by atoms with Gasteiger partial charge in [0, 0.05) is 59.2 Å². The maximum absolute atomic E-state index is 12.9. The van der Waals surface area contributed by atoms with E-state index in [1.54, 1.807) is 18.2 Å². The first-order valence-corrected chi connectivity index (χ1v) is 13.1. The second-order valence-corrected chi connectivity index (χ2v) is 11.3. The van der Waals surface area contributed by atoms with E-state index in [2.05, 4.69) is 15.2 Å². The largest absolute Gasteiger partial charge is 0.343 e. The van der Waals surface area contributed by atoms with Crippen LogP contribution in [-0.2, 0) is 28.3 Å². The highest BCUT2D eigenvalue weighted by Gasteiger charge is 2.27. The smallest absolute Gasteiger partial charge is 0.242 e. The summed E-state index contributed by atoms with van der Waals surface area (Å²) in [5, 5.41) is 8.64. The molecule has 0 radical (unpaired) electrons. The molecule has 35 heavy (non-hydrogen) atoms. The third kappa shape index (κ3) is 4.30. The normalized spacial score (nSPS) is 15.5. The van der Waals surface area contributed by atoms with Crippen LogP contribution in [-0.4, -0.2) is 74.9 Å². The van der Waals surface area contributed by atoms with Crippen molar-refractivity contribution in [2.24, 2.45) is 7.05 Å². The molecule has 0 unspecified atom stereocenters. The van der Waals surface area contributed by atoms with Crippen LogP contribution in [0.4, 0.5) is 0 Å². The number of aromatic nitrogens is 5. The lowest BCUT2D eigenvalue weighted by atomic mass is 9.95. The van der Waals surface area contributed by atoms with Crippen LogP contribution in [0.15, 0.2) is 47.5 Å². The van der Waals surface area contributed by atoms with Gasteiger partial charge in [0.1, 0.15) is 11.6 Å². The number of carbonyl (C=O) groups excluding carboxylic acids is 1. The molecule has 4 aromatic rings. The third-order valence-electron chi connectivity index (χ3n) is 6.84. The van der Waals surface area contributed by atoms with Gasteiger partial charge in [-0.15, -0.1) is 10.2 Å². The Morgan fingerprint density at radius 3 is 2.63 bits per heavy atom. The molecule has 0 N–H and O–H groups in total. The summed E-state index contributed by atoms with van der Waals surface area (Å²) in [5.41, 5.74) is 2.29. The lowest BCUT2D eigenvalue weighted by molar-refractivity contribution is -0.132. The van der Waals surface area contributed by atoms with Crippen molar-refractivity contribution >= 4 is 32.6 Å². The van der Waals surface area contributed by atoms with E-state index >= 15 is 0 Å². The highest BCUT2D eigenvalue weighted by atomic mass is 32.2. The second-order valence-electron chi connectivity index (χ2n) is 9.17. The highest BCUT2D eigenvalue weighted by Crippen LogP contribution is 2.28. The molecule has 1 amide bonds. The van der Waals surface area contributed by atoms with Crippen molar-refractivity contribution in [1.82, 2.24) is 33.4 Å². The van der Waals surface area contributed by atoms with Gasteiger partial charge in [-0.3, -0.25) is 9.20 Å². The highest BCUT2D eigenvalue weighted by molar-refractivity contribution is 7.89. The number of sulfonamides is 1. The topological polar surface area (TPSA) is 106 Å². The predicted molar refractivity (Wildman–Crippen MR) is 131 cm³/mol. The molecule has 184 valence electrons. The van der Waals surface area contributed by atoms with Crippen molar-refractivity contribution in [1.29, 1.82) is 0 Å². The number of likely N-dealkylation sites (tertiary alicyclic amines) is 1. The molecule has 1 aliphatic heterocycles. The Bertz CT molecular complexity index is 1500. The number of aryl methyl sites for hydroxylation is 2. The number of piperidine rings is 1. The Balaban J connectivity index is 1.22. The molecule has 3 aromatic heterocycles. The van der Waals surface area contributed by atoms with Crippen LogP contribution in [0.2, 0.25) is 0 Å². The summed E-state index contributed by atoms with van der Waals surface area (Å²) in [6.07, 6.45) is 4.55. The monoisotopic (exact) mass is 495 g/mol. The summed E-state index contributed by atoms with van der Waals surface area (Å²) in [5.74, 6) is 2.11. The molecular weight excluding hydrogens is 466 g/mol. The molecule has 1 aromatic carbocycles. The number of benzene rings is 1. The predicted octanol–water partition coefficient (Wildman–Crippen LogP) is 2.21. The van der Waals surface area contributed by atoms with Crippen molar-refractivity contribution in [3.8, 4) is 0 Å². The number of carbonyl (C=O) groups is 1. The van der Waals surface area contributed by atoms with Gasteiger partial charge in [0.05, 0.1) is 15.9 Å². The zero-order valence-electron chi connectivity index (χ0n) is 20.1. The van der Waals surface area contributed by atoms with Crippen molar-refractivity contribution in [2.75, 3.05) is 27.2 Å². The standard InChI is InChI=1S/C24H29N7O3S/c1-28(2)35(33,34)18-7-8-20-19(16-18)25-21(29(20)3)9-10-23(32)30-14-11-17(12-15-30)24-27-26-22-6-4-5-13-31(22)24/h4-8,13,16-17H,9-12,14-15H2,1-3H3. The van der Waals surface area contributed by atoms with E-state index in [9.17, 15) is 13.2 Å². The van der Waals surface area contributed by atoms with Gasteiger partial charge in [-0.05, 0) is 43.2 Å². The second kappa shape index (κ2) is 9.04. The lowest BCUT2D eigenvalue weighted by Gasteiger charge is -2.31. The van der Waals surface area contributed by atoms with Crippen LogP contribution in [0.1, 0.15) is 36.8 Å².